The van der Waals surface area contributed by atoms with E-state index in [1.807, 2.05) is 0 Å². The van der Waals surface area contributed by atoms with Crippen molar-refractivity contribution in [3.05, 3.63) is 24.3 Å². The van der Waals surface area contributed by atoms with Crippen molar-refractivity contribution in [3.63, 3.8) is 0 Å². The lowest BCUT2D eigenvalue weighted by Crippen LogP contribution is -2.55. The number of carbonyl (C=O) groups is 3. The van der Waals surface area contributed by atoms with E-state index in [9.17, 15) is 19.5 Å². The minimum absolute atomic E-state index is 0.332. The third kappa shape index (κ3) is 3.42. The maximum Gasteiger partial charge on any atom is 0.315 e. The van der Waals surface area contributed by atoms with Crippen molar-refractivity contribution in [1.29, 1.82) is 0 Å². The van der Waals surface area contributed by atoms with Gasteiger partial charge in [0.25, 0.3) is 0 Å². The lowest BCUT2D eigenvalue weighted by Gasteiger charge is -2.31. The fraction of sp³-hybridized carbons (Fsp3) is 0.364. The van der Waals surface area contributed by atoms with Crippen molar-refractivity contribution in [1.82, 2.24) is 5.32 Å². The number of amides is 1. The number of hydrogen-bond acceptors (Lipinski definition) is 4. The average molecular weight is 255 g/mol. The largest absolute Gasteiger partial charge is 0.481 e. The molecule has 7 nitrogen and oxygen atoms in total. The monoisotopic (exact) mass is 255 g/mol. The summed E-state index contributed by atoms with van der Waals surface area (Å²) in [5.41, 5.74) is -2.03. The topological polar surface area (TPSA) is 124 Å². The zero-order valence-corrected chi connectivity index (χ0v) is 9.37. The molecule has 7 heteroatoms. The molecule has 0 saturated heterocycles. The number of hydrogen-bond donors (Lipinski definition) is 4. The number of allylic oxidation sites excluding steroid dienone is 2. The van der Waals surface area contributed by atoms with E-state index in [0.29, 0.717) is 0 Å². The molecule has 18 heavy (non-hydrogen) atoms. The number of aliphatic hydroxyl groups is 1. The number of rotatable bonds is 5. The molecule has 1 aliphatic carbocycles. The van der Waals surface area contributed by atoms with Gasteiger partial charge in [-0.15, -0.1) is 0 Å². The first-order chi connectivity index (χ1) is 8.35. The van der Waals surface area contributed by atoms with Gasteiger partial charge in [-0.2, -0.15) is 0 Å². The number of aliphatic carboxylic acids is 2. The van der Waals surface area contributed by atoms with E-state index in [0.717, 1.165) is 6.08 Å². The summed E-state index contributed by atoms with van der Waals surface area (Å²) >= 11 is 0. The van der Waals surface area contributed by atoms with Gasteiger partial charge in [-0.25, -0.2) is 0 Å². The molecule has 1 aliphatic rings. The Kier molecular flexibility index (Phi) is 4.22. The van der Waals surface area contributed by atoms with Gasteiger partial charge in [-0.05, 0) is 6.08 Å². The number of carbonyl (C=O) groups excluding carboxylic acids is 1. The Balaban J connectivity index is 2.70. The lowest BCUT2D eigenvalue weighted by atomic mass is 9.91. The molecule has 0 spiro atoms. The van der Waals surface area contributed by atoms with Gasteiger partial charge in [-0.1, -0.05) is 18.2 Å². The number of carboxylic acids is 2. The quantitative estimate of drug-likeness (QED) is 0.490. The summed E-state index contributed by atoms with van der Waals surface area (Å²) in [4.78, 5) is 32.6. The zero-order chi connectivity index (χ0) is 13.8. The van der Waals surface area contributed by atoms with E-state index in [1.165, 1.54) is 18.2 Å². The van der Waals surface area contributed by atoms with Crippen LogP contribution in [-0.2, 0) is 14.4 Å². The first kappa shape index (κ1) is 13.9. The van der Waals surface area contributed by atoms with Crippen molar-refractivity contribution in [2.45, 2.75) is 18.6 Å². The van der Waals surface area contributed by atoms with Crippen molar-refractivity contribution in [2.24, 2.45) is 5.92 Å². The molecule has 0 heterocycles. The molecule has 0 aromatic heterocycles. The van der Waals surface area contributed by atoms with Crippen LogP contribution in [-0.4, -0.2) is 38.9 Å². The standard InChI is InChI=1S/C11H13NO6/c13-8(4-5-9(14)15)12-11(18)6-2-1-3-7(11)10(16)17/h1-3,6-7,18H,4-5H2,(H,12,13)(H,14,15)(H,16,17). The minimum Gasteiger partial charge on any atom is -0.481 e. The van der Waals surface area contributed by atoms with Crippen molar-refractivity contribution >= 4 is 17.8 Å². The van der Waals surface area contributed by atoms with Crippen LogP contribution in [0.3, 0.4) is 0 Å². The normalized spacial score (nSPS) is 25.7. The second-order valence-corrected chi connectivity index (χ2v) is 3.83. The molecule has 1 rings (SSSR count). The molecular weight excluding hydrogens is 242 g/mol. The maximum atomic E-state index is 11.4. The smallest absolute Gasteiger partial charge is 0.315 e. The third-order valence-electron chi connectivity index (χ3n) is 2.41. The Hall–Kier alpha value is -2.15. The Morgan fingerprint density at radius 2 is 1.83 bits per heavy atom. The molecule has 98 valence electrons. The van der Waals surface area contributed by atoms with Crippen LogP contribution in [0.1, 0.15) is 12.8 Å². The van der Waals surface area contributed by atoms with Gasteiger partial charge in [0.1, 0.15) is 5.92 Å². The lowest BCUT2D eigenvalue weighted by molar-refractivity contribution is -0.150. The second-order valence-electron chi connectivity index (χ2n) is 3.83. The van der Waals surface area contributed by atoms with Gasteiger partial charge in [0, 0.05) is 6.42 Å². The van der Waals surface area contributed by atoms with Crippen LogP contribution in [0.15, 0.2) is 24.3 Å². The van der Waals surface area contributed by atoms with Crippen LogP contribution in [0, 0.1) is 5.92 Å². The highest BCUT2D eigenvalue weighted by atomic mass is 16.4. The van der Waals surface area contributed by atoms with Crippen LogP contribution in [0.5, 0.6) is 0 Å². The predicted octanol–water partition coefficient (Wildman–Crippen LogP) is -0.517. The fourth-order valence-corrected chi connectivity index (χ4v) is 1.52. The highest BCUT2D eigenvalue weighted by Crippen LogP contribution is 2.22. The van der Waals surface area contributed by atoms with Gasteiger partial charge < -0.3 is 20.6 Å². The minimum atomic E-state index is -2.03. The Morgan fingerprint density at radius 3 is 2.39 bits per heavy atom. The third-order valence-corrected chi connectivity index (χ3v) is 2.41. The molecule has 0 saturated carbocycles. The van der Waals surface area contributed by atoms with Crippen LogP contribution in [0.25, 0.3) is 0 Å². The SMILES string of the molecule is O=C(O)CCC(=O)NC1(O)C=CC=CC1C(=O)O. The van der Waals surface area contributed by atoms with E-state index in [1.54, 1.807) is 0 Å². The summed E-state index contributed by atoms with van der Waals surface area (Å²) in [6.07, 6.45) is 4.50. The van der Waals surface area contributed by atoms with Gasteiger partial charge in [0.15, 0.2) is 5.72 Å². The zero-order valence-electron chi connectivity index (χ0n) is 9.37. The van der Waals surface area contributed by atoms with Crippen molar-refractivity contribution in [3.8, 4) is 0 Å². The second kappa shape index (κ2) is 5.46. The molecule has 2 atom stereocenters. The van der Waals surface area contributed by atoms with Crippen LogP contribution in [0.2, 0.25) is 0 Å². The van der Waals surface area contributed by atoms with Crippen LogP contribution >= 0.6 is 0 Å². The summed E-state index contributed by atoms with van der Waals surface area (Å²) in [5, 5.41) is 29.5. The molecule has 0 aromatic rings. The van der Waals surface area contributed by atoms with Crippen LogP contribution < -0.4 is 5.32 Å². The highest BCUT2D eigenvalue weighted by molar-refractivity contribution is 5.83. The molecule has 4 N–H and O–H groups in total. The van der Waals surface area contributed by atoms with E-state index in [4.69, 9.17) is 10.2 Å². The first-order valence-electron chi connectivity index (χ1n) is 5.19. The fourth-order valence-electron chi connectivity index (χ4n) is 1.52. The molecule has 0 aromatic carbocycles. The average Bonchev–Trinajstić information content (AvgIpc) is 2.26. The molecule has 0 bridgehead atoms. The first-order valence-corrected chi connectivity index (χ1v) is 5.19. The van der Waals surface area contributed by atoms with Gasteiger partial charge in [-0.3, -0.25) is 14.4 Å². The Bertz CT molecular complexity index is 427. The van der Waals surface area contributed by atoms with E-state index >= 15 is 0 Å². The summed E-state index contributed by atoms with van der Waals surface area (Å²) in [6.45, 7) is 0. The molecule has 1 amide bonds. The Morgan fingerprint density at radius 1 is 1.17 bits per heavy atom. The number of carboxylic acid groups (broad SMARTS) is 2. The summed E-state index contributed by atoms with van der Waals surface area (Å²) < 4.78 is 0. The van der Waals surface area contributed by atoms with Gasteiger partial charge in [0.05, 0.1) is 6.42 Å². The van der Waals surface area contributed by atoms with Gasteiger partial charge in [0.2, 0.25) is 5.91 Å². The van der Waals surface area contributed by atoms with E-state index < -0.39 is 29.5 Å². The van der Waals surface area contributed by atoms with E-state index in [2.05, 4.69) is 5.32 Å². The number of nitrogens with one attached hydrogen (secondary N) is 1. The summed E-state index contributed by atoms with van der Waals surface area (Å²) in [5.74, 6) is -4.48. The van der Waals surface area contributed by atoms with Crippen molar-refractivity contribution in [2.75, 3.05) is 0 Å². The molecule has 0 aliphatic heterocycles. The highest BCUT2D eigenvalue weighted by Gasteiger charge is 2.40. The summed E-state index contributed by atoms with van der Waals surface area (Å²) in [6, 6.07) is 0. The summed E-state index contributed by atoms with van der Waals surface area (Å²) in [7, 11) is 0. The molecule has 2 unspecified atom stereocenters. The van der Waals surface area contributed by atoms with E-state index in [-0.39, 0.29) is 12.8 Å². The van der Waals surface area contributed by atoms with Crippen LogP contribution in [0.4, 0.5) is 0 Å². The van der Waals surface area contributed by atoms with Crippen molar-refractivity contribution < 1.29 is 29.7 Å². The maximum absolute atomic E-state index is 11.4. The Labute approximate surface area is 102 Å². The molecule has 0 radical (unpaired) electrons. The molecular formula is C11H13NO6. The van der Waals surface area contributed by atoms with Gasteiger partial charge >= 0.3 is 11.9 Å². The predicted molar refractivity (Wildman–Crippen MR) is 59.4 cm³/mol. The molecule has 0 fully saturated rings.